The van der Waals surface area contributed by atoms with Gasteiger partial charge in [-0.2, -0.15) is 0 Å². The van der Waals surface area contributed by atoms with Gasteiger partial charge in [0.25, 0.3) is 5.22 Å². The molecule has 0 bridgehead atoms. The maximum absolute atomic E-state index is 13.2. The van der Waals surface area contributed by atoms with Crippen LogP contribution in [-0.4, -0.2) is 20.9 Å². The van der Waals surface area contributed by atoms with Gasteiger partial charge >= 0.3 is 5.00 Å². The number of carbonyl (C=O) groups is 1. The van der Waals surface area contributed by atoms with Crippen molar-refractivity contribution in [2.45, 2.75) is 5.22 Å². The molecule has 0 atom stereocenters. The Morgan fingerprint density at radius 3 is 2.48 bits per heavy atom. The number of ketones is 1. The second-order valence-electron chi connectivity index (χ2n) is 6.12. The topological polar surface area (TPSA) is 99.1 Å². The van der Waals surface area contributed by atoms with Crippen LogP contribution in [0.2, 0.25) is 0 Å². The zero-order chi connectivity index (χ0) is 21.8. The molecule has 2 heterocycles. The number of carbonyl (C=O) groups excluding carboxylic acids is 1. The Morgan fingerprint density at radius 1 is 1.06 bits per heavy atom. The third-order valence-corrected chi connectivity index (χ3v) is 6.13. The number of nitro groups is 1. The zero-order valence-corrected chi connectivity index (χ0v) is 17.2. The minimum atomic E-state index is -0.502. The van der Waals surface area contributed by atoms with Crippen molar-refractivity contribution in [1.29, 1.82) is 0 Å². The van der Waals surface area contributed by atoms with Gasteiger partial charge in [-0.15, -0.1) is 10.2 Å². The van der Waals surface area contributed by atoms with Gasteiger partial charge in [0.1, 0.15) is 5.82 Å². The molecule has 0 aliphatic rings. The highest BCUT2D eigenvalue weighted by molar-refractivity contribution is 8.08. The summed E-state index contributed by atoms with van der Waals surface area (Å²) in [7, 11) is 0. The Morgan fingerprint density at radius 2 is 1.81 bits per heavy atom. The van der Waals surface area contributed by atoms with Gasteiger partial charge in [-0.1, -0.05) is 29.5 Å². The molecular weight excluding hydrogens is 441 g/mol. The highest BCUT2D eigenvalue weighted by Gasteiger charge is 2.19. The van der Waals surface area contributed by atoms with E-state index in [0.717, 1.165) is 28.7 Å². The summed E-state index contributed by atoms with van der Waals surface area (Å²) < 4.78 is 18.9. The van der Waals surface area contributed by atoms with Crippen LogP contribution in [0.15, 0.2) is 82.4 Å². The van der Waals surface area contributed by atoms with Gasteiger partial charge in [0.2, 0.25) is 5.89 Å². The minimum absolute atomic E-state index is 0.0637. The predicted molar refractivity (Wildman–Crippen MR) is 115 cm³/mol. The molecule has 0 radical (unpaired) electrons. The molecule has 2 aromatic heterocycles. The van der Waals surface area contributed by atoms with Gasteiger partial charge in [0.05, 0.1) is 4.92 Å². The van der Waals surface area contributed by atoms with E-state index in [1.54, 1.807) is 6.07 Å². The van der Waals surface area contributed by atoms with Crippen molar-refractivity contribution >= 4 is 38.8 Å². The molecule has 0 saturated carbocycles. The first kappa shape index (κ1) is 20.6. The number of hydrogen-bond donors (Lipinski definition) is 0. The van der Waals surface area contributed by atoms with Crippen LogP contribution < -0.4 is 0 Å². The van der Waals surface area contributed by atoms with Crippen LogP contribution in [0.1, 0.15) is 15.2 Å². The van der Waals surface area contributed by atoms with Crippen molar-refractivity contribution in [2.24, 2.45) is 0 Å². The lowest BCUT2D eigenvalue weighted by atomic mass is 10.1. The zero-order valence-electron chi connectivity index (χ0n) is 15.6. The van der Waals surface area contributed by atoms with Gasteiger partial charge in [-0.25, -0.2) is 4.39 Å². The molecule has 4 aromatic rings. The van der Waals surface area contributed by atoms with E-state index in [-0.39, 0.29) is 21.6 Å². The molecule has 10 heteroatoms. The van der Waals surface area contributed by atoms with E-state index in [1.165, 1.54) is 36.4 Å². The molecule has 0 aliphatic carbocycles. The largest absolute Gasteiger partial charge is 0.411 e. The summed E-state index contributed by atoms with van der Waals surface area (Å²) in [5.41, 5.74) is 1.02. The summed E-state index contributed by atoms with van der Waals surface area (Å²) in [5.74, 6) is -0.533. The molecule has 0 fully saturated rings. The maximum atomic E-state index is 13.2. The van der Waals surface area contributed by atoms with Crippen molar-refractivity contribution in [3.05, 3.63) is 99.2 Å². The van der Waals surface area contributed by atoms with E-state index in [4.69, 9.17) is 4.42 Å². The summed E-state index contributed by atoms with van der Waals surface area (Å²) in [4.78, 5) is 24.2. The number of benzene rings is 2. The average Bonchev–Trinajstić information content (AvgIpc) is 3.44. The molecule has 0 aliphatic heterocycles. The quantitative estimate of drug-likeness (QED) is 0.114. The lowest BCUT2D eigenvalue weighted by molar-refractivity contribution is -0.380. The number of thiophene rings is 1. The second kappa shape index (κ2) is 9.02. The Labute approximate surface area is 183 Å². The van der Waals surface area contributed by atoms with Crippen LogP contribution in [0.25, 0.3) is 16.4 Å². The van der Waals surface area contributed by atoms with Gasteiger partial charge in [-0.05, 0) is 54.2 Å². The number of aromatic nitrogens is 2. The molecular formula is C21H12FN3O4S2. The third-order valence-electron chi connectivity index (χ3n) is 4.03. The first-order valence-electron chi connectivity index (χ1n) is 8.82. The number of rotatable bonds is 7. The fourth-order valence-corrected chi connectivity index (χ4v) is 4.27. The van der Waals surface area contributed by atoms with Crippen molar-refractivity contribution in [3.8, 4) is 11.5 Å². The first-order valence-corrected chi connectivity index (χ1v) is 10.5. The molecule has 154 valence electrons. The lowest BCUT2D eigenvalue weighted by Gasteiger charge is -2.02. The molecule has 0 unspecified atom stereocenters. The summed E-state index contributed by atoms with van der Waals surface area (Å²) in [6.45, 7) is 0. The molecule has 4 rings (SSSR count). The number of thioether (sulfide) groups is 1. The molecule has 0 spiro atoms. The highest BCUT2D eigenvalue weighted by Crippen LogP contribution is 2.40. The maximum Gasteiger partial charge on any atom is 0.324 e. The van der Waals surface area contributed by atoms with Crippen LogP contribution >= 0.6 is 23.1 Å². The lowest BCUT2D eigenvalue weighted by Crippen LogP contribution is -1.95. The summed E-state index contributed by atoms with van der Waals surface area (Å²) in [6.07, 6.45) is 1.32. The molecule has 2 aromatic carbocycles. The van der Waals surface area contributed by atoms with E-state index in [2.05, 4.69) is 10.2 Å². The van der Waals surface area contributed by atoms with Crippen LogP contribution in [0.3, 0.4) is 0 Å². The van der Waals surface area contributed by atoms with Gasteiger partial charge in [-0.3, -0.25) is 14.9 Å². The van der Waals surface area contributed by atoms with Crippen LogP contribution in [-0.2, 0) is 0 Å². The molecule has 7 nitrogen and oxygen atoms in total. The monoisotopic (exact) mass is 453 g/mol. The van der Waals surface area contributed by atoms with Crippen LogP contribution in [0.5, 0.6) is 0 Å². The van der Waals surface area contributed by atoms with Crippen molar-refractivity contribution in [3.63, 3.8) is 0 Å². The summed E-state index contributed by atoms with van der Waals surface area (Å²) in [6, 6.07) is 17.2. The first-order chi connectivity index (χ1) is 15.0. The fraction of sp³-hybridized carbons (Fsp3) is 0. The molecule has 0 saturated heterocycles. The Bertz CT molecular complexity index is 1270. The van der Waals surface area contributed by atoms with E-state index in [0.29, 0.717) is 15.7 Å². The number of halogens is 1. The molecule has 0 amide bonds. The van der Waals surface area contributed by atoms with Crippen LogP contribution in [0.4, 0.5) is 9.39 Å². The van der Waals surface area contributed by atoms with Crippen molar-refractivity contribution in [1.82, 2.24) is 10.2 Å². The van der Waals surface area contributed by atoms with Gasteiger partial charge in [0, 0.05) is 33.1 Å². The summed E-state index contributed by atoms with van der Waals surface area (Å²) >= 11 is 1.94. The third kappa shape index (κ3) is 4.93. The smallest absolute Gasteiger partial charge is 0.324 e. The SMILES string of the molecule is O=C(C=C(Sc1nnc(-c2ccccc2)o1)c1ccc([N+](=O)[O-])s1)c1ccc(F)cc1. The average molecular weight is 453 g/mol. The van der Waals surface area contributed by atoms with Crippen molar-refractivity contribution in [2.75, 3.05) is 0 Å². The number of hydrogen-bond acceptors (Lipinski definition) is 8. The highest BCUT2D eigenvalue weighted by atomic mass is 32.2. The van der Waals surface area contributed by atoms with Gasteiger partial charge < -0.3 is 4.42 Å². The number of allylic oxidation sites excluding steroid dienone is 1. The molecule has 31 heavy (non-hydrogen) atoms. The van der Waals surface area contributed by atoms with E-state index in [1.807, 2.05) is 30.3 Å². The second-order valence-corrected chi connectivity index (χ2v) is 8.17. The van der Waals surface area contributed by atoms with Crippen LogP contribution in [0, 0.1) is 15.9 Å². The van der Waals surface area contributed by atoms with Crippen molar-refractivity contribution < 1.29 is 18.5 Å². The van der Waals surface area contributed by atoms with E-state index < -0.39 is 10.7 Å². The predicted octanol–water partition coefficient (Wildman–Crippen LogP) is 5.86. The number of nitrogens with zero attached hydrogens (tertiary/aromatic N) is 3. The Balaban J connectivity index is 1.67. The Kier molecular flexibility index (Phi) is 6.01. The van der Waals surface area contributed by atoms with E-state index >= 15 is 0 Å². The summed E-state index contributed by atoms with van der Waals surface area (Å²) in [5, 5.41) is 19.2. The minimum Gasteiger partial charge on any atom is -0.411 e. The normalized spacial score (nSPS) is 11.5. The molecule has 0 N–H and O–H groups in total. The standard InChI is InChI=1S/C21H12FN3O4S2/c22-15-8-6-13(7-9-15)16(26)12-18(17-10-11-19(30-17)25(27)28)31-21-24-23-20(29-21)14-4-2-1-3-5-14/h1-12H. The fourth-order valence-electron chi connectivity index (χ4n) is 2.57. The van der Waals surface area contributed by atoms with E-state index in [9.17, 15) is 19.3 Å². The van der Waals surface area contributed by atoms with Gasteiger partial charge in [0.15, 0.2) is 5.78 Å². The Hall–Kier alpha value is -3.63.